The maximum atomic E-state index is 12.1. The highest BCUT2D eigenvalue weighted by atomic mass is 16.4. The molecule has 0 heterocycles. The number of unbranched alkanes of at least 4 members (excludes halogenated alkanes) is 12. The molecule has 0 fully saturated rings. The van der Waals surface area contributed by atoms with Crippen molar-refractivity contribution in [2.24, 2.45) is 0 Å². The topological polar surface area (TPSA) is 77.8 Å². The van der Waals surface area contributed by atoms with Crippen molar-refractivity contribution in [2.75, 3.05) is 6.54 Å². The van der Waals surface area contributed by atoms with Crippen molar-refractivity contribution in [1.82, 2.24) is 4.90 Å². The van der Waals surface area contributed by atoms with Crippen LogP contribution in [-0.2, 0) is 16.0 Å². The molecule has 0 spiro atoms. The fourth-order valence-electron chi connectivity index (χ4n) is 4.25. The van der Waals surface area contributed by atoms with E-state index in [1.807, 2.05) is 0 Å². The van der Waals surface area contributed by atoms with Gasteiger partial charge in [-0.3, -0.25) is 4.79 Å². The highest BCUT2D eigenvalue weighted by Crippen LogP contribution is 2.16. The summed E-state index contributed by atoms with van der Waals surface area (Å²) in [5.74, 6) is -1.06. The first kappa shape index (κ1) is 29.7. The average molecular weight is 474 g/mol. The maximum absolute atomic E-state index is 12.1. The molecule has 0 saturated heterocycles. The van der Waals surface area contributed by atoms with Crippen LogP contribution in [0, 0.1) is 0 Å². The molecule has 5 heteroatoms. The predicted octanol–water partition coefficient (Wildman–Crippen LogP) is 7.27. The normalized spacial score (nSPS) is 12.2. The number of allylic oxidation sites excluding steroid dienone is 2. The Kier molecular flexibility index (Phi) is 16.7. The minimum Gasteiger partial charge on any atom is -0.508 e. The van der Waals surface area contributed by atoms with Crippen LogP contribution in [0.1, 0.15) is 109 Å². The third-order valence-electron chi connectivity index (χ3n) is 6.34. The summed E-state index contributed by atoms with van der Waals surface area (Å²) >= 11 is 0. The number of carboxylic acid groups (broad SMARTS) is 1. The molecule has 1 aromatic rings. The van der Waals surface area contributed by atoms with Gasteiger partial charge in [-0.05, 0) is 49.8 Å². The number of hydrogen-bond donors (Lipinski definition) is 2. The molecule has 0 aromatic heterocycles. The number of phenols is 1. The highest BCUT2D eigenvalue weighted by molar-refractivity contribution is 5.82. The lowest BCUT2D eigenvalue weighted by atomic mass is 10.0. The summed E-state index contributed by atoms with van der Waals surface area (Å²) in [4.78, 5) is 25.5. The van der Waals surface area contributed by atoms with Gasteiger partial charge in [0.1, 0.15) is 11.8 Å². The second kappa shape index (κ2) is 19.1. The Morgan fingerprint density at radius 3 is 1.82 bits per heavy atom. The van der Waals surface area contributed by atoms with Crippen LogP contribution in [0.15, 0.2) is 36.4 Å². The molecule has 192 valence electrons. The van der Waals surface area contributed by atoms with Gasteiger partial charge >= 0.3 is 5.97 Å². The Morgan fingerprint density at radius 2 is 1.32 bits per heavy atom. The lowest BCUT2D eigenvalue weighted by Gasteiger charge is -2.28. The van der Waals surface area contributed by atoms with Crippen LogP contribution in [0.4, 0.5) is 0 Å². The standard InChI is InChI=1S/C29H47NO4/c1-3-4-5-6-7-8-9-10-11-12-13-14-15-16-17-18-23-30(25(2)31)28(29(33)34)24-26-19-21-27(32)22-20-26/h10-11,19-22,28,32H,3-9,12-18,23-24H2,1-2H3,(H,33,34)/t28-/m0/s1. The number of aliphatic carboxylic acids is 1. The van der Waals surface area contributed by atoms with E-state index in [1.165, 1.54) is 88.2 Å². The molecule has 1 atom stereocenters. The van der Waals surface area contributed by atoms with Crippen LogP contribution in [0.3, 0.4) is 0 Å². The zero-order valence-electron chi connectivity index (χ0n) is 21.5. The second-order valence-corrected chi connectivity index (χ2v) is 9.37. The van der Waals surface area contributed by atoms with Gasteiger partial charge in [-0.2, -0.15) is 0 Å². The summed E-state index contributed by atoms with van der Waals surface area (Å²) in [5, 5.41) is 19.1. The maximum Gasteiger partial charge on any atom is 0.326 e. The zero-order valence-corrected chi connectivity index (χ0v) is 21.5. The second-order valence-electron chi connectivity index (χ2n) is 9.37. The van der Waals surface area contributed by atoms with Crippen LogP contribution in [0.5, 0.6) is 5.75 Å². The number of hydrogen-bond acceptors (Lipinski definition) is 3. The quantitative estimate of drug-likeness (QED) is 0.154. The SMILES string of the molecule is CCCCCCCCC=CCCCCCCCCN(C(C)=O)[C@@H](Cc1ccc(O)cc1)C(=O)O. The van der Waals surface area contributed by atoms with Crippen molar-refractivity contribution in [2.45, 2.75) is 116 Å². The van der Waals surface area contributed by atoms with Crippen molar-refractivity contribution >= 4 is 11.9 Å². The van der Waals surface area contributed by atoms with Gasteiger partial charge in [0.15, 0.2) is 0 Å². The van der Waals surface area contributed by atoms with E-state index in [1.54, 1.807) is 12.1 Å². The highest BCUT2D eigenvalue weighted by Gasteiger charge is 2.27. The van der Waals surface area contributed by atoms with E-state index >= 15 is 0 Å². The Balaban J connectivity index is 2.17. The number of benzene rings is 1. The summed E-state index contributed by atoms with van der Waals surface area (Å²) in [5.41, 5.74) is 0.789. The minimum absolute atomic E-state index is 0.142. The molecule has 0 radical (unpaired) electrons. The van der Waals surface area contributed by atoms with Crippen molar-refractivity contribution in [3.8, 4) is 5.75 Å². The number of carbonyl (C=O) groups is 2. The predicted molar refractivity (Wildman–Crippen MR) is 140 cm³/mol. The van der Waals surface area contributed by atoms with Crippen molar-refractivity contribution in [3.05, 3.63) is 42.0 Å². The third kappa shape index (κ3) is 14.1. The third-order valence-corrected chi connectivity index (χ3v) is 6.34. The molecule has 1 amide bonds. The van der Waals surface area contributed by atoms with Crippen LogP contribution in [0.25, 0.3) is 0 Å². The molecular formula is C29H47NO4. The smallest absolute Gasteiger partial charge is 0.326 e. The number of carboxylic acids is 1. The Bertz CT molecular complexity index is 699. The summed E-state index contributed by atoms with van der Waals surface area (Å²) in [6.07, 6.45) is 21.9. The molecule has 0 aliphatic rings. The number of nitrogens with zero attached hydrogens (tertiary/aromatic N) is 1. The molecule has 1 aromatic carbocycles. The number of rotatable bonds is 20. The number of amides is 1. The van der Waals surface area contributed by atoms with E-state index in [0.717, 1.165) is 31.2 Å². The summed E-state index contributed by atoms with van der Waals surface area (Å²) in [6.45, 7) is 4.16. The van der Waals surface area contributed by atoms with Crippen LogP contribution < -0.4 is 0 Å². The minimum atomic E-state index is -0.993. The Labute approximate surface area is 207 Å². The van der Waals surface area contributed by atoms with E-state index in [-0.39, 0.29) is 18.1 Å². The monoisotopic (exact) mass is 473 g/mol. The van der Waals surface area contributed by atoms with Gasteiger partial charge in [-0.25, -0.2) is 4.79 Å². The molecule has 0 saturated carbocycles. The van der Waals surface area contributed by atoms with E-state index in [9.17, 15) is 19.8 Å². The van der Waals surface area contributed by atoms with Gasteiger partial charge in [-0.15, -0.1) is 0 Å². The van der Waals surface area contributed by atoms with Gasteiger partial charge < -0.3 is 15.1 Å². The first-order valence-corrected chi connectivity index (χ1v) is 13.4. The van der Waals surface area contributed by atoms with E-state index < -0.39 is 12.0 Å². The Morgan fingerprint density at radius 1 is 0.824 bits per heavy atom. The molecule has 0 aliphatic carbocycles. The van der Waals surface area contributed by atoms with Gasteiger partial charge in [0.25, 0.3) is 0 Å². The van der Waals surface area contributed by atoms with Crippen molar-refractivity contribution in [1.29, 1.82) is 0 Å². The Hall–Kier alpha value is -2.30. The molecule has 5 nitrogen and oxygen atoms in total. The molecule has 1 rings (SSSR count). The van der Waals surface area contributed by atoms with Crippen molar-refractivity contribution < 1.29 is 19.8 Å². The fourth-order valence-corrected chi connectivity index (χ4v) is 4.25. The summed E-state index contributed by atoms with van der Waals surface area (Å²) in [7, 11) is 0. The zero-order chi connectivity index (χ0) is 25.0. The van der Waals surface area contributed by atoms with Gasteiger partial charge in [0, 0.05) is 19.9 Å². The van der Waals surface area contributed by atoms with E-state index in [2.05, 4.69) is 19.1 Å². The van der Waals surface area contributed by atoms with Crippen LogP contribution >= 0.6 is 0 Å². The average Bonchev–Trinajstić information content (AvgIpc) is 2.81. The first-order valence-electron chi connectivity index (χ1n) is 13.4. The molecule has 34 heavy (non-hydrogen) atoms. The van der Waals surface area contributed by atoms with Crippen molar-refractivity contribution in [3.63, 3.8) is 0 Å². The number of phenolic OH excluding ortho intramolecular Hbond substituents is 1. The molecule has 0 bridgehead atoms. The number of aromatic hydroxyl groups is 1. The lowest BCUT2D eigenvalue weighted by Crippen LogP contribution is -2.46. The molecule has 0 aliphatic heterocycles. The number of carbonyl (C=O) groups excluding carboxylic acids is 1. The van der Waals surface area contributed by atoms with Gasteiger partial charge in [-0.1, -0.05) is 89.0 Å². The van der Waals surface area contributed by atoms with Gasteiger partial charge in [0.05, 0.1) is 0 Å². The fraction of sp³-hybridized carbons (Fsp3) is 0.655. The largest absolute Gasteiger partial charge is 0.508 e. The molecular weight excluding hydrogens is 426 g/mol. The van der Waals surface area contributed by atoms with Crippen LogP contribution in [0.2, 0.25) is 0 Å². The van der Waals surface area contributed by atoms with Crippen LogP contribution in [-0.4, -0.2) is 39.6 Å². The lowest BCUT2D eigenvalue weighted by molar-refractivity contribution is -0.149. The first-order chi connectivity index (χ1) is 16.5. The summed E-state index contributed by atoms with van der Waals surface area (Å²) in [6, 6.07) is 5.60. The molecule has 0 unspecified atom stereocenters. The van der Waals surface area contributed by atoms with E-state index in [0.29, 0.717) is 6.54 Å². The van der Waals surface area contributed by atoms with Gasteiger partial charge in [0.2, 0.25) is 5.91 Å². The van der Waals surface area contributed by atoms with E-state index in [4.69, 9.17) is 0 Å². The summed E-state index contributed by atoms with van der Waals surface area (Å²) < 4.78 is 0. The molecule has 2 N–H and O–H groups in total.